The highest BCUT2D eigenvalue weighted by molar-refractivity contribution is 6.35. The number of halogens is 1. The third-order valence-corrected chi connectivity index (χ3v) is 4.96. The highest BCUT2D eigenvalue weighted by atomic mass is 19.1. The van der Waals surface area contributed by atoms with Gasteiger partial charge in [0.05, 0.1) is 16.8 Å². The van der Waals surface area contributed by atoms with E-state index in [9.17, 15) is 14.3 Å². The van der Waals surface area contributed by atoms with Gasteiger partial charge in [0.15, 0.2) is 11.6 Å². The Labute approximate surface area is 151 Å². The predicted molar refractivity (Wildman–Crippen MR) is 101 cm³/mol. The summed E-state index contributed by atoms with van der Waals surface area (Å²) in [5.74, 6) is -1.61. The Kier molecular flexibility index (Phi) is 4.12. The van der Waals surface area contributed by atoms with Crippen molar-refractivity contribution in [3.63, 3.8) is 0 Å². The number of likely N-dealkylation sites (N-methyl/N-ethyl adjacent to an activating group) is 1. The van der Waals surface area contributed by atoms with Gasteiger partial charge in [-0.05, 0) is 43.0 Å². The second-order valence-corrected chi connectivity index (χ2v) is 6.72. The normalized spacial score (nSPS) is 18.9. The zero-order valence-corrected chi connectivity index (χ0v) is 14.5. The molecular formula is C20H20FN3O2. The van der Waals surface area contributed by atoms with Crippen molar-refractivity contribution in [2.75, 3.05) is 43.4 Å². The largest absolute Gasteiger partial charge is 0.505 e. The van der Waals surface area contributed by atoms with E-state index in [1.165, 1.54) is 12.1 Å². The van der Waals surface area contributed by atoms with Crippen molar-refractivity contribution in [3.8, 4) is 5.75 Å². The molecule has 2 aromatic carbocycles. The molecule has 0 radical (unpaired) electrons. The molecule has 5 nitrogen and oxygen atoms in total. The smallest absolute Gasteiger partial charge is 0.256 e. The Morgan fingerprint density at radius 1 is 1.08 bits per heavy atom. The minimum absolute atomic E-state index is 0.123. The molecule has 2 N–H and O–H groups in total. The first-order valence-electron chi connectivity index (χ1n) is 8.61. The van der Waals surface area contributed by atoms with Crippen molar-refractivity contribution in [3.05, 3.63) is 53.3 Å². The Balaban J connectivity index is 1.62. The number of phenols is 1. The van der Waals surface area contributed by atoms with E-state index in [4.69, 9.17) is 0 Å². The fourth-order valence-electron chi connectivity index (χ4n) is 3.39. The molecule has 6 heteroatoms. The molecule has 0 unspecified atom stereocenters. The van der Waals surface area contributed by atoms with Crippen LogP contribution in [0.25, 0.3) is 11.6 Å². The summed E-state index contributed by atoms with van der Waals surface area (Å²) < 4.78 is 14.3. The lowest BCUT2D eigenvalue weighted by atomic mass is 10.0. The molecule has 0 bridgehead atoms. The van der Waals surface area contributed by atoms with E-state index >= 15 is 0 Å². The van der Waals surface area contributed by atoms with Gasteiger partial charge in [0.25, 0.3) is 5.91 Å². The van der Waals surface area contributed by atoms with Gasteiger partial charge in [0.1, 0.15) is 0 Å². The Hall–Kier alpha value is -2.86. The average Bonchev–Trinajstić information content (AvgIpc) is 2.96. The van der Waals surface area contributed by atoms with Crippen LogP contribution < -0.4 is 10.2 Å². The number of hydrogen-bond donors (Lipinski definition) is 2. The summed E-state index contributed by atoms with van der Waals surface area (Å²) in [7, 11) is 2.12. The van der Waals surface area contributed by atoms with E-state index in [2.05, 4.69) is 22.2 Å². The number of fused-ring (bicyclic) bond motifs is 1. The van der Waals surface area contributed by atoms with Gasteiger partial charge in [-0.1, -0.05) is 12.1 Å². The molecule has 0 aliphatic carbocycles. The molecule has 1 amide bonds. The van der Waals surface area contributed by atoms with Gasteiger partial charge in [-0.15, -0.1) is 0 Å². The number of carbonyl (C=O) groups excluding carboxylic acids is 1. The molecule has 2 heterocycles. The topological polar surface area (TPSA) is 55.8 Å². The van der Waals surface area contributed by atoms with Gasteiger partial charge in [0, 0.05) is 31.9 Å². The number of phenolic OH excluding ortho intramolecular Hbond substituents is 1. The standard InChI is InChI=1S/C20H20FN3O2/c1-23-8-10-24(11-9-23)14-4-2-13(3-5-14)12-15-18-16(22-20(15)26)6-7-17(25)19(18)21/h2-7,12,25H,8-11H2,1H3,(H,22,26)/b15-12+. The molecule has 0 atom stereocenters. The van der Waals surface area contributed by atoms with Crippen LogP contribution in [0.1, 0.15) is 11.1 Å². The summed E-state index contributed by atoms with van der Waals surface area (Å²) in [6.45, 7) is 4.03. The van der Waals surface area contributed by atoms with Gasteiger partial charge < -0.3 is 20.2 Å². The molecular weight excluding hydrogens is 333 g/mol. The number of amides is 1. The van der Waals surface area contributed by atoms with E-state index < -0.39 is 11.6 Å². The molecule has 1 saturated heterocycles. The van der Waals surface area contributed by atoms with Crippen molar-refractivity contribution >= 4 is 28.9 Å². The summed E-state index contributed by atoms with van der Waals surface area (Å²) in [5, 5.41) is 12.2. The van der Waals surface area contributed by atoms with Crippen LogP contribution in [0.4, 0.5) is 15.8 Å². The third-order valence-electron chi connectivity index (χ3n) is 4.96. The van der Waals surface area contributed by atoms with Gasteiger partial charge >= 0.3 is 0 Å². The van der Waals surface area contributed by atoms with Crippen LogP contribution in [0.5, 0.6) is 5.75 Å². The number of carbonyl (C=O) groups is 1. The Morgan fingerprint density at radius 2 is 1.77 bits per heavy atom. The van der Waals surface area contributed by atoms with Gasteiger partial charge in [-0.2, -0.15) is 0 Å². The first kappa shape index (κ1) is 16.6. The number of hydrogen-bond acceptors (Lipinski definition) is 4. The molecule has 0 aromatic heterocycles. The number of anilines is 2. The minimum Gasteiger partial charge on any atom is -0.505 e. The van der Waals surface area contributed by atoms with Gasteiger partial charge in [0.2, 0.25) is 0 Å². The number of piperazine rings is 1. The lowest BCUT2D eigenvalue weighted by molar-refractivity contribution is -0.110. The lowest BCUT2D eigenvalue weighted by Gasteiger charge is -2.34. The molecule has 2 aromatic rings. The Morgan fingerprint density at radius 3 is 2.46 bits per heavy atom. The fourth-order valence-corrected chi connectivity index (χ4v) is 3.39. The molecule has 2 aliphatic rings. The monoisotopic (exact) mass is 353 g/mol. The van der Waals surface area contributed by atoms with Gasteiger partial charge in [-0.25, -0.2) is 4.39 Å². The van der Waals surface area contributed by atoms with Gasteiger partial charge in [-0.3, -0.25) is 4.79 Å². The third kappa shape index (κ3) is 2.93. The first-order chi connectivity index (χ1) is 12.5. The summed E-state index contributed by atoms with van der Waals surface area (Å²) >= 11 is 0. The summed E-state index contributed by atoms with van der Waals surface area (Å²) in [6.07, 6.45) is 1.65. The second kappa shape index (κ2) is 6.46. The van der Waals surface area contributed by atoms with E-state index in [0.29, 0.717) is 5.69 Å². The second-order valence-electron chi connectivity index (χ2n) is 6.72. The zero-order chi connectivity index (χ0) is 18.3. The van der Waals surface area contributed by atoms with E-state index in [1.54, 1.807) is 6.08 Å². The number of benzene rings is 2. The summed E-state index contributed by atoms with van der Waals surface area (Å²) in [4.78, 5) is 16.8. The number of nitrogens with zero attached hydrogens (tertiary/aromatic N) is 2. The van der Waals surface area contributed by atoms with Crippen molar-refractivity contribution in [2.24, 2.45) is 0 Å². The highest BCUT2D eigenvalue weighted by Gasteiger charge is 2.29. The molecule has 26 heavy (non-hydrogen) atoms. The number of aromatic hydroxyl groups is 1. The average molecular weight is 353 g/mol. The maximum atomic E-state index is 14.3. The van der Waals surface area contributed by atoms with Crippen LogP contribution in [0, 0.1) is 5.82 Å². The van der Waals surface area contributed by atoms with Crippen LogP contribution in [0.15, 0.2) is 36.4 Å². The van der Waals surface area contributed by atoms with Crippen molar-refractivity contribution in [1.82, 2.24) is 4.90 Å². The summed E-state index contributed by atoms with van der Waals surface area (Å²) in [6, 6.07) is 10.6. The van der Waals surface area contributed by atoms with Crippen molar-refractivity contribution < 1.29 is 14.3 Å². The molecule has 4 rings (SSSR count). The summed E-state index contributed by atoms with van der Waals surface area (Å²) in [5.41, 5.74) is 2.67. The number of nitrogens with one attached hydrogen (secondary N) is 1. The SMILES string of the molecule is CN1CCN(c2ccc(/C=C3/C(=O)Nc4ccc(O)c(F)c43)cc2)CC1. The maximum Gasteiger partial charge on any atom is 0.256 e. The first-order valence-corrected chi connectivity index (χ1v) is 8.61. The van der Waals surface area contributed by atoms with E-state index in [1.807, 2.05) is 24.3 Å². The maximum absolute atomic E-state index is 14.3. The van der Waals surface area contributed by atoms with Crippen LogP contribution in [0.2, 0.25) is 0 Å². The molecule has 134 valence electrons. The minimum atomic E-state index is -0.777. The van der Waals surface area contributed by atoms with Crippen LogP contribution in [0.3, 0.4) is 0 Å². The molecule has 0 saturated carbocycles. The Bertz CT molecular complexity index is 885. The van der Waals surface area contributed by atoms with Crippen LogP contribution in [-0.4, -0.2) is 49.1 Å². The van der Waals surface area contributed by atoms with Crippen LogP contribution in [-0.2, 0) is 4.79 Å². The molecule has 2 aliphatic heterocycles. The fraction of sp³-hybridized carbons (Fsp3) is 0.250. The highest BCUT2D eigenvalue weighted by Crippen LogP contribution is 2.38. The van der Waals surface area contributed by atoms with E-state index in [-0.39, 0.29) is 17.0 Å². The van der Waals surface area contributed by atoms with Crippen molar-refractivity contribution in [1.29, 1.82) is 0 Å². The predicted octanol–water partition coefficient (Wildman–Crippen LogP) is 2.78. The number of rotatable bonds is 2. The van der Waals surface area contributed by atoms with Crippen LogP contribution >= 0.6 is 0 Å². The quantitative estimate of drug-likeness (QED) is 0.644. The molecule has 1 fully saturated rings. The molecule has 0 spiro atoms. The van der Waals surface area contributed by atoms with Crippen molar-refractivity contribution in [2.45, 2.75) is 0 Å². The zero-order valence-electron chi connectivity index (χ0n) is 14.5. The van der Waals surface area contributed by atoms with E-state index in [0.717, 1.165) is 37.4 Å². The lowest BCUT2D eigenvalue weighted by Crippen LogP contribution is -2.44.